The summed E-state index contributed by atoms with van der Waals surface area (Å²) in [6.07, 6.45) is 4.85. The van der Waals surface area contributed by atoms with Crippen molar-refractivity contribution < 1.29 is 9.53 Å². The molecule has 0 bridgehead atoms. The Morgan fingerprint density at radius 2 is 1.52 bits per heavy atom. The first kappa shape index (κ1) is 19.1. The zero-order valence-electron chi connectivity index (χ0n) is 14.2. The van der Waals surface area contributed by atoms with E-state index in [1.807, 2.05) is 48.5 Å². The molecule has 3 aromatic rings. The van der Waals surface area contributed by atoms with Gasteiger partial charge in [-0.15, -0.1) is 0 Å². The molecule has 0 aliphatic rings. The molecule has 0 heterocycles. The largest absolute Gasteiger partial charge is 0.423 e. The Balaban J connectivity index is 1.57. The van der Waals surface area contributed by atoms with Crippen LogP contribution in [0.1, 0.15) is 11.1 Å². The van der Waals surface area contributed by atoms with E-state index in [0.29, 0.717) is 10.8 Å². The SMILES string of the molecule is O=C(/C=C/c1ccc(Br)cc1)Oc1ccc(C=Nc2ccc(Cl)cc2)cc1. The third kappa shape index (κ3) is 6.20. The molecule has 0 atom stereocenters. The second-order valence-electron chi connectivity index (χ2n) is 5.61. The van der Waals surface area contributed by atoms with Gasteiger partial charge in [0.2, 0.25) is 0 Å². The number of aliphatic imine (C=N–C) groups is 1. The Bertz CT molecular complexity index is 963. The Morgan fingerprint density at radius 1 is 0.889 bits per heavy atom. The zero-order chi connectivity index (χ0) is 19.1. The Labute approximate surface area is 171 Å². The maximum Gasteiger partial charge on any atom is 0.336 e. The number of hydrogen-bond acceptors (Lipinski definition) is 3. The smallest absolute Gasteiger partial charge is 0.336 e. The predicted octanol–water partition coefficient (Wildman–Crippen LogP) is 6.47. The van der Waals surface area contributed by atoms with Crippen molar-refractivity contribution >= 4 is 51.5 Å². The summed E-state index contributed by atoms with van der Waals surface area (Å²) in [4.78, 5) is 16.3. The maximum atomic E-state index is 11.9. The van der Waals surface area contributed by atoms with E-state index in [0.717, 1.165) is 21.3 Å². The highest BCUT2D eigenvalue weighted by molar-refractivity contribution is 9.10. The van der Waals surface area contributed by atoms with Crippen LogP contribution in [-0.4, -0.2) is 12.2 Å². The lowest BCUT2D eigenvalue weighted by Crippen LogP contribution is -2.03. The first-order valence-electron chi connectivity index (χ1n) is 8.14. The summed E-state index contributed by atoms with van der Waals surface area (Å²) >= 11 is 9.22. The molecule has 5 heteroatoms. The number of hydrogen-bond donors (Lipinski definition) is 0. The number of esters is 1. The minimum Gasteiger partial charge on any atom is -0.423 e. The number of nitrogens with zero attached hydrogens (tertiary/aromatic N) is 1. The van der Waals surface area contributed by atoms with Crippen molar-refractivity contribution in [2.75, 3.05) is 0 Å². The minimum absolute atomic E-state index is 0.430. The third-order valence-electron chi connectivity index (χ3n) is 3.57. The molecule has 0 N–H and O–H groups in total. The third-order valence-corrected chi connectivity index (χ3v) is 4.35. The van der Waals surface area contributed by atoms with Gasteiger partial charge < -0.3 is 4.74 Å². The summed E-state index contributed by atoms with van der Waals surface area (Å²) in [6, 6.07) is 22.0. The number of halogens is 2. The van der Waals surface area contributed by atoms with E-state index in [4.69, 9.17) is 16.3 Å². The fraction of sp³-hybridized carbons (Fsp3) is 0. The maximum absolute atomic E-state index is 11.9. The van der Waals surface area contributed by atoms with Crippen molar-refractivity contribution in [2.45, 2.75) is 0 Å². The summed E-state index contributed by atoms with van der Waals surface area (Å²) in [5.74, 6) is 0.0459. The van der Waals surface area contributed by atoms with Crippen LogP contribution in [0.25, 0.3) is 6.08 Å². The number of rotatable bonds is 5. The Morgan fingerprint density at radius 3 is 2.19 bits per heavy atom. The van der Waals surface area contributed by atoms with E-state index >= 15 is 0 Å². The van der Waals surface area contributed by atoms with Gasteiger partial charge in [-0.1, -0.05) is 39.7 Å². The summed E-state index contributed by atoms with van der Waals surface area (Å²) in [5.41, 5.74) is 2.63. The van der Waals surface area contributed by atoms with E-state index in [1.165, 1.54) is 6.08 Å². The molecular weight excluding hydrogens is 426 g/mol. The van der Waals surface area contributed by atoms with E-state index in [9.17, 15) is 4.79 Å². The second-order valence-corrected chi connectivity index (χ2v) is 6.96. The van der Waals surface area contributed by atoms with E-state index in [-0.39, 0.29) is 0 Å². The zero-order valence-corrected chi connectivity index (χ0v) is 16.5. The van der Waals surface area contributed by atoms with Crippen LogP contribution >= 0.6 is 27.5 Å². The minimum atomic E-state index is -0.430. The lowest BCUT2D eigenvalue weighted by Gasteiger charge is -2.02. The summed E-state index contributed by atoms with van der Waals surface area (Å²) in [5, 5.41) is 0.675. The molecule has 3 rings (SSSR count). The molecule has 27 heavy (non-hydrogen) atoms. The van der Waals surface area contributed by atoms with Gasteiger partial charge in [-0.05, 0) is 77.9 Å². The molecule has 134 valence electrons. The highest BCUT2D eigenvalue weighted by Gasteiger charge is 2.00. The van der Waals surface area contributed by atoms with Gasteiger partial charge in [0.25, 0.3) is 0 Å². The van der Waals surface area contributed by atoms with Gasteiger partial charge in [-0.25, -0.2) is 4.79 Å². The van der Waals surface area contributed by atoms with Gasteiger partial charge in [0.05, 0.1) is 5.69 Å². The van der Waals surface area contributed by atoms with E-state index in [1.54, 1.807) is 36.6 Å². The summed E-state index contributed by atoms with van der Waals surface area (Å²) < 4.78 is 6.28. The fourth-order valence-corrected chi connectivity index (χ4v) is 2.58. The Kier molecular flexibility index (Phi) is 6.58. The standard InChI is InChI=1S/C22H15BrClNO2/c23-18-6-1-16(2-7-18)5-14-22(26)27-21-12-3-17(4-13-21)15-25-20-10-8-19(24)9-11-20/h1-15H/b14-5+,25-15?. The normalized spacial score (nSPS) is 11.2. The van der Waals surface area contributed by atoms with Gasteiger partial charge in [-0.3, -0.25) is 4.99 Å². The van der Waals surface area contributed by atoms with Crippen molar-refractivity contribution in [3.05, 3.63) is 99.5 Å². The first-order valence-corrected chi connectivity index (χ1v) is 9.31. The monoisotopic (exact) mass is 439 g/mol. The van der Waals surface area contributed by atoms with Crippen LogP contribution in [0.4, 0.5) is 5.69 Å². The molecule has 0 aliphatic heterocycles. The van der Waals surface area contributed by atoms with Crippen LogP contribution in [0.3, 0.4) is 0 Å². The van der Waals surface area contributed by atoms with Crippen LogP contribution in [0.15, 0.2) is 88.3 Å². The highest BCUT2D eigenvalue weighted by atomic mass is 79.9. The van der Waals surface area contributed by atoms with Crippen molar-refractivity contribution in [3.8, 4) is 5.75 Å². The topological polar surface area (TPSA) is 38.7 Å². The van der Waals surface area contributed by atoms with E-state index in [2.05, 4.69) is 20.9 Å². The van der Waals surface area contributed by atoms with Gasteiger partial charge in [0.15, 0.2) is 0 Å². The van der Waals surface area contributed by atoms with Gasteiger partial charge in [0.1, 0.15) is 5.75 Å². The lowest BCUT2D eigenvalue weighted by molar-refractivity contribution is -0.128. The van der Waals surface area contributed by atoms with Crippen molar-refractivity contribution in [3.63, 3.8) is 0 Å². The fourth-order valence-electron chi connectivity index (χ4n) is 2.19. The molecule has 3 aromatic carbocycles. The van der Waals surface area contributed by atoms with Crippen LogP contribution in [0.5, 0.6) is 5.75 Å². The average Bonchev–Trinajstić information content (AvgIpc) is 2.68. The lowest BCUT2D eigenvalue weighted by atomic mass is 10.2. The quantitative estimate of drug-likeness (QED) is 0.197. The predicted molar refractivity (Wildman–Crippen MR) is 114 cm³/mol. The van der Waals surface area contributed by atoms with Crippen LogP contribution in [0.2, 0.25) is 5.02 Å². The molecule has 0 aliphatic carbocycles. The number of ether oxygens (including phenoxy) is 1. The molecule has 0 saturated heterocycles. The van der Waals surface area contributed by atoms with Crippen molar-refractivity contribution in [2.24, 2.45) is 4.99 Å². The molecule has 3 nitrogen and oxygen atoms in total. The van der Waals surface area contributed by atoms with Gasteiger partial charge in [0, 0.05) is 21.8 Å². The van der Waals surface area contributed by atoms with Crippen molar-refractivity contribution in [1.29, 1.82) is 0 Å². The number of benzene rings is 3. The molecule has 0 unspecified atom stereocenters. The number of carbonyl (C=O) groups excluding carboxylic acids is 1. The highest BCUT2D eigenvalue weighted by Crippen LogP contribution is 2.17. The molecule has 0 radical (unpaired) electrons. The van der Waals surface area contributed by atoms with Crippen LogP contribution < -0.4 is 4.74 Å². The summed E-state index contributed by atoms with van der Waals surface area (Å²) in [6.45, 7) is 0. The van der Waals surface area contributed by atoms with E-state index < -0.39 is 5.97 Å². The van der Waals surface area contributed by atoms with Crippen LogP contribution in [0, 0.1) is 0 Å². The van der Waals surface area contributed by atoms with Crippen LogP contribution in [-0.2, 0) is 4.79 Å². The molecule has 0 saturated carbocycles. The molecule has 0 fully saturated rings. The Hall–Kier alpha value is -2.69. The average molecular weight is 441 g/mol. The first-order chi connectivity index (χ1) is 13.1. The molecule has 0 aromatic heterocycles. The second kappa shape index (κ2) is 9.31. The molecule has 0 amide bonds. The van der Waals surface area contributed by atoms with Gasteiger partial charge in [-0.2, -0.15) is 0 Å². The number of carbonyl (C=O) groups is 1. The van der Waals surface area contributed by atoms with Crippen molar-refractivity contribution in [1.82, 2.24) is 0 Å². The molecule has 0 spiro atoms. The molecular formula is C22H15BrClNO2. The van der Waals surface area contributed by atoms with Gasteiger partial charge >= 0.3 is 5.97 Å². The summed E-state index contributed by atoms with van der Waals surface area (Å²) in [7, 11) is 0.